The summed E-state index contributed by atoms with van der Waals surface area (Å²) in [6.07, 6.45) is -1.36. The van der Waals surface area contributed by atoms with Crippen LogP contribution >= 0.6 is 11.3 Å². The Bertz CT molecular complexity index is 1100. The summed E-state index contributed by atoms with van der Waals surface area (Å²) in [5, 5.41) is 21.2. The van der Waals surface area contributed by atoms with Gasteiger partial charge in [-0.15, -0.1) is 21.5 Å². The van der Waals surface area contributed by atoms with E-state index >= 15 is 0 Å². The fourth-order valence-corrected chi connectivity index (χ4v) is 4.38. The Labute approximate surface area is 191 Å². The molecule has 0 aliphatic carbocycles. The number of halogens is 3. The van der Waals surface area contributed by atoms with Crippen LogP contribution in [0.4, 0.5) is 19.0 Å². The highest BCUT2D eigenvalue weighted by atomic mass is 32.1. The fourth-order valence-electron chi connectivity index (χ4n) is 3.44. The number of pyridine rings is 1. The van der Waals surface area contributed by atoms with E-state index in [1.807, 2.05) is 10.3 Å². The minimum absolute atomic E-state index is 0.134. The predicted molar refractivity (Wildman–Crippen MR) is 117 cm³/mol. The van der Waals surface area contributed by atoms with Gasteiger partial charge in [0, 0.05) is 49.4 Å². The van der Waals surface area contributed by atoms with Crippen molar-refractivity contribution in [2.75, 3.05) is 37.6 Å². The number of thiophene rings is 1. The molecular formula is C21H21F3N6O2S. The number of aromatic hydroxyl groups is 1. The number of nitrogens with zero attached hydrogens (tertiary/aromatic N) is 5. The van der Waals surface area contributed by atoms with Gasteiger partial charge >= 0.3 is 6.18 Å². The molecule has 0 bridgehead atoms. The lowest BCUT2D eigenvalue weighted by Gasteiger charge is -2.34. The van der Waals surface area contributed by atoms with E-state index in [2.05, 4.69) is 26.1 Å². The summed E-state index contributed by atoms with van der Waals surface area (Å²) < 4.78 is 36.7. The molecule has 1 saturated heterocycles. The summed E-state index contributed by atoms with van der Waals surface area (Å²) in [5.41, 5.74) is 1.74. The van der Waals surface area contributed by atoms with Crippen LogP contribution in [0.15, 0.2) is 42.0 Å². The topological polar surface area (TPSA) is 94.5 Å². The molecular weight excluding hydrogens is 457 g/mol. The highest BCUT2D eigenvalue weighted by molar-refractivity contribution is 7.10. The standard InChI is InChI=1S/C21H21F3N6O2S/c22-21(23,24)13-26-20(32)18-1-2-19(28-27-18)30-5-3-29(4-6-30)11-17-8-15(12-33-17)14-7-16(31)10-25-9-14/h1-2,7-10,12,31H,3-6,11,13H2,(H,26,32). The van der Waals surface area contributed by atoms with E-state index in [0.29, 0.717) is 18.9 Å². The lowest BCUT2D eigenvalue weighted by molar-refractivity contribution is -0.123. The number of alkyl halides is 3. The Morgan fingerprint density at radius 3 is 2.55 bits per heavy atom. The van der Waals surface area contributed by atoms with Crippen molar-refractivity contribution in [3.8, 4) is 16.9 Å². The number of hydrogen-bond acceptors (Lipinski definition) is 8. The van der Waals surface area contributed by atoms with Gasteiger partial charge in [0.15, 0.2) is 11.5 Å². The van der Waals surface area contributed by atoms with Gasteiger partial charge in [-0.05, 0) is 35.2 Å². The van der Waals surface area contributed by atoms with Crippen LogP contribution in [-0.4, -0.2) is 70.0 Å². The number of rotatable bonds is 6. The van der Waals surface area contributed by atoms with E-state index in [0.717, 1.165) is 30.8 Å². The highest BCUT2D eigenvalue weighted by Crippen LogP contribution is 2.28. The van der Waals surface area contributed by atoms with Gasteiger partial charge in [-0.1, -0.05) is 0 Å². The third-order valence-corrected chi connectivity index (χ3v) is 6.04. The molecule has 0 radical (unpaired) electrons. The molecule has 2 N–H and O–H groups in total. The lowest BCUT2D eigenvalue weighted by Crippen LogP contribution is -2.46. The Kier molecular flexibility index (Phi) is 6.75. The molecule has 4 heterocycles. The molecule has 4 rings (SSSR count). The Morgan fingerprint density at radius 1 is 1.09 bits per heavy atom. The molecule has 0 aromatic carbocycles. The van der Waals surface area contributed by atoms with Crippen LogP contribution < -0.4 is 10.2 Å². The SMILES string of the molecule is O=C(NCC(F)(F)F)c1ccc(N2CCN(Cc3cc(-c4cncc(O)c4)cs3)CC2)nn1. The van der Waals surface area contributed by atoms with Crippen molar-refractivity contribution < 1.29 is 23.1 Å². The first-order valence-electron chi connectivity index (χ1n) is 10.1. The molecule has 0 spiro atoms. The average molecular weight is 479 g/mol. The number of piperazine rings is 1. The third kappa shape index (κ3) is 6.17. The van der Waals surface area contributed by atoms with Crippen LogP contribution in [0.2, 0.25) is 0 Å². The number of aromatic nitrogens is 3. The van der Waals surface area contributed by atoms with E-state index < -0.39 is 18.6 Å². The molecule has 3 aromatic heterocycles. The van der Waals surface area contributed by atoms with Gasteiger partial charge in [-0.2, -0.15) is 13.2 Å². The molecule has 0 saturated carbocycles. The van der Waals surface area contributed by atoms with Crippen molar-refractivity contribution in [3.63, 3.8) is 0 Å². The maximum atomic E-state index is 12.2. The van der Waals surface area contributed by atoms with E-state index in [1.54, 1.807) is 35.0 Å². The van der Waals surface area contributed by atoms with Crippen molar-refractivity contribution in [1.29, 1.82) is 0 Å². The quantitative estimate of drug-likeness (QED) is 0.563. The van der Waals surface area contributed by atoms with Crippen molar-refractivity contribution in [3.05, 3.63) is 52.6 Å². The van der Waals surface area contributed by atoms with Crippen LogP contribution in [-0.2, 0) is 6.54 Å². The number of nitrogens with one attached hydrogen (secondary N) is 1. The van der Waals surface area contributed by atoms with Gasteiger partial charge in [0.25, 0.3) is 5.91 Å². The maximum Gasteiger partial charge on any atom is 0.405 e. The number of amides is 1. The number of carbonyl (C=O) groups is 1. The second-order valence-corrected chi connectivity index (χ2v) is 8.57. The van der Waals surface area contributed by atoms with Gasteiger partial charge in [-0.25, -0.2) is 0 Å². The summed E-state index contributed by atoms with van der Waals surface area (Å²) in [7, 11) is 0. The van der Waals surface area contributed by atoms with Gasteiger partial charge in [0.2, 0.25) is 0 Å². The molecule has 174 valence electrons. The summed E-state index contributed by atoms with van der Waals surface area (Å²) in [4.78, 5) is 21.3. The Hall–Kier alpha value is -3.25. The van der Waals surface area contributed by atoms with Gasteiger partial charge in [0.05, 0.1) is 6.20 Å². The monoisotopic (exact) mass is 478 g/mol. The first kappa shape index (κ1) is 22.9. The van der Waals surface area contributed by atoms with Crippen LogP contribution in [0.1, 0.15) is 15.4 Å². The largest absolute Gasteiger partial charge is 0.506 e. The molecule has 1 amide bonds. The van der Waals surface area contributed by atoms with Crippen LogP contribution in [0.3, 0.4) is 0 Å². The molecule has 1 aliphatic rings. The summed E-state index contributed by atoms with van der Waals surface area (Å²) >= 11 is 1.66. The van der Waals surface area contributed by atoms with E-state index in [9.17, 15) is 23.1 Å². The van der Waals surface area contributed by atoms with E-state index in [-0.39, 0.29) is 11.4 Å². The second kappa shape index (κ2) is 9.71. The molecule has 1 fully saturated rings. The zero-order valence-electron chi connectivity index (χ0n) is 17.4. The van der Waals surface area contributed by atoms with Crippen molar-refractivity contribution in [2.45, 2.75) is 12.7 Å². The Balaban J connectivity index is 1.28. The molecule has 33 heavy (non-hydrogen) atoms. The number of anilines is 1. The van der Waals surface area contributed by atoms with E-state index in [1.165, 1.54) is 17.1 Å². The third-order valence-electron chi connectivity index (χ3n) is 5.12. The van der Waals surface area contributed by atoms with E-state index in [4.69, 9.17) is 0 Å². The van der Waals surface area contributed by atoms with Gasteiger partial charge < -0.3 is 15.3 Å². The lowest BCUT2D eigenvalue weighted by atomic mass is 10.1. The highest BCUT2D eigenvalue weighted by Gasteiger charge is 2.28. The molecule has 3 aromatic rings. The molecule has 0 unspecified atom stereocenters. The smallest absolute Gasteiger partial charge is 0.405 e. The zero-order chi connectivity index (χ0) is 23.4. The number of carbonyl (C=O) groups excluding carboxylic acids is 1. The van der Waals surface area contributed by atoms with Crippen LogP contribution in [0.25, 0.3) is 11.1 Å². The van der Waals surface area contributed by atoms with Crippen molar-refractivity contribution in [1.82, 2.24) is 25.4 Å². The first-order valence-corrected chi connectivity index (χ1v) is 11.0. The zero-order valence-corrected chi connectivity index (χ0v) is 18.2. The first-order chi connectivity index (χ1) is 15.8. The average Bonchev–Trinajstić information content (AvgIpc) is 3.26. The normalized spacial score (nSPS) is 14.9. The molecule has 12 heteroatoms. The van der Waals surface area contributed by atoms with Crippen LogP contribution in [0, 0.1) is 0 Å². The Morgan fingerprint density at radius 2 is 1.88 bits per heavy atom. The molecule has 1 aliphatic heterocycles. The number of hydrogen-bond donors (Lipinski definition) is 2. The van der Waals surface area contributed by atoms with Crippen LogP contribution in [0.5, 0.6) is 5.75 Å². The molecule has 0 atom stereocenters. The summed E-state index contributed by atoms with van der Waals surface area (Å²) in [6, 6.07) is 6.76. The fraction of sp³-hybridized carbons (Fsp3) is 0.333. The van der Waals surface area contributed by atoms with Gasteiger partial charge in [0.1, 0.15) is 12.3 Å². The molecule has 8 nitrogen and oxygen atoms in total. The predicted octanol–water partition coefficient (Wildman–Crippen LogP) is 2.92. The minimum atomic E-state index is -4.48. The summed E-state index contributed by atoms with van der Waals surface area (Å²) in [5.74, 6) is -0.195. The van der Waals surface area contributed by atoms with Crippen molar-refractivity contribution >= 4 is 23.1 Å². The van der Waals surface area contributed by atoms with Crippen molar-refractivity contribution in [2.24, 2.45) is 0 Å². The minimum Gasteiger partial charge on any atom is -0.506 e. The summed E-state index contributed by atoms with van der Waals surface area (Å²) in [6.45, 7) is 2.42. The second-order valence-electron chi connectivity index (χ2n) is 7.57. The van der Waals surface area contributed by atoms with Gasteiger partial charge in [-0.3, -0.25) is 14.7 Å². The maximum absolute atomic E-state index is 12.2.